The fourth-order valence-electron chi connectivity index (χ4n) is 1.48. The highest BCUT2D eigenvalue weighted by Gasteiger charge is 2.04. The third kappa shape index (κ3) is 3.18. The van der Waals surface area contributed by atoms with Crippen LogP contribution in [0.25, 0.3) is 0 Å². The van der Waals surface area contributed by atoms with Crippen LogP contribution in [0.3, 0.4) is 0 Å². The number of hydrogen-bond acceptors (Lipinski definition) is 3. The highest BCUT2D eigenvalue weighted by molar-refractivity contribution is 6.31. The first-order valence-electron chi connectivity index (χ1n) is 5.30. The molecule has 2 rings (SSSR count). The topological polar surface area (TPSA) is 42.4 Å². The van der Waals surface area contributed by atoms with Crippen molar-refractivity contribution >= 4 is 11.6 Å². The van der Waals surface area contributed by atoms with E-state index >= 15 is 0 Å². The fraction of sp³-hybridized carbons (Fsp3) is 0.154. The number of aliphatic hydroxyl groups excluding tert-OH is 1. The van der Waals surface area contributed by atoms with E-state index < -0.39 is 5.82 Å². The van der Waals surface area contributed by atoms with Crippen LogP contribution < -0.4 is 4.74 Å². The number of aliphatic hydroxyl groups is 1. The highest BCUT2D eigenvalue weighted by atomic mass is 35.5. The van der Waals surface area contributed by atoms with Crippen molar-refractivity contribution in [3.05, 3.63) is 58.6 Å². The van der Waals surface area contributed by atoms with Gasteiger partial charge >= 0.3 is 0 Å². The molecule has 0 amide bonds. The van der Waals surface area contributed by atoms with Gasteiger partial charge in [-0.3, -0.25) is 4.98 Å². The minimum absolute atomic E-state index is 0.218. The SMILES string of the molecule is OCc1cc(F)cc(OCc2ccncc2Cl)c1. The smallest absolute Gasteiger partial charge is 0.127 e. The van der Waals surface area contributed by atoms with Crippen LogP contribution in [0.2, 0.25) is 5.02 Å². The summed E-state index contributed by atoms with van der Waals surface area (Å²) in [5.74, 6) is -0.0932. The van der Waals surface area contributed by atoms with E-state index in [1.807, 2.05) is 0 Å². The molecule has 1 aromatic carbocycles. The molecule has 94 valence electrons. The lowest BCUT2D eigenvalue weighted by Gasteiger charge is -2.08. The third-order valence-electron chi connectivity index (χ3n) is 2.36. The minimum atomic E-state index is -0.447. The first-order chi connectivity index (χ1) is 8.69. The van der Waals surface area contributed by atoms with Gasteiger partial charge in [0.05, 0.1) is 11.6 Å². The summed E-state index contributed by atoms with van der Waals surface area (Å²) in [6, 6.07) is 5.83. The van der Waals surface area contributed by atoms with Crippen molar-refractivity contribution < 1.29 is 14.2 Å². The van der Waals surface area contributed by atoms with Crippen molar-refractivity contribution in [3.8, 4) is 5.75 Å². The summed E-state index contributed by atoms with van der Waals surface area (Å²) in [6.45, 7) is -0.0141. The Kier molecular flexibility index (Phi) is 4.12. The van der Waals surface area contributed by atoms with Crippen LogP contribution in [0.5, 0.6) is 5.75 Å². The standard InChI is InChI=1S/C13H11ClFNO2/c14-13-6-16-2-1-10(13)8-18-12-4-9(7-17)3-11(15)5-12/h1-6,17H,7-8H2. The van der Waals surface area contributed by atoms with Crippen LogP contribution in [0, 0.1) is 5.82 Å². The van der Waals surface area contributed by atoms with E-state index in [9.17, 15) is 4.39 Å². The van der Waals surface area contributed by atoms with E-state index in [-0.39, 0.29) is 13.2 Å². The molecule has 0 fully saturated rings. The van der Waals surface area contributed by atoms with Gasteiger partial charge < -0.3 is 9.84 Å². The van der Waals surface area contributed by atoms with Gasteiger partial charge in [0.25, 0.3) is 0 Å². The monoisotopic (exact) mass is 267 g/mol. The zero-order valence-corrected chi connectivity index (χ0v) is 10.2. The Labute approximate surface area is 109 Å². The van der Waals surface area contributed by atoms with Crippen LogP contribution in [-0.4, -0.2) is 10.1 Å². The number of hydrogen-bond donors (Lipinski definition) is 1. The summed E-state index contributed by atoms with van der Waals surface area (Å²) < 4.78 is 18.6. The first kappa shape index (κ1) is 12.8. The van der Waals surface area contributed by atoms with Crippen molar-refractivity contribution in [1.82, 2.24) is 4.98 Å². The molecule has 0 radical (unpaired) electrons. The Morgan fingerprint density at radius 1 is 1.33 bits per heavy atom. The van der Waals surface area contributed by atoms with Gasteiger partial charge in [0.1, 0.15) is 18.2 Å². The molecule has 0 spiro atoms. The van der Waals surface area contributed by atoms with Gasteiger partial charge in [0.2, 0.25) is 0 Å². The molecule has 0 saturated carbocycles. The molecule has 5 heteroatoms. The van der Waals surface area contributed by atoms with Crippen LogP contribution in [0.15, 0.2) is 36.7 Å². The second-order valence-corrected chi connectivity index (χ2v) is 4.12. The predicted octanol–water partition coefficient (Wildman–Crippen LogP) is 2.95. The second kappa shape index (κ2) is 5.80. The van der Waals surface area contributed by atoms with Gasteiger partial charge in [-0.15, -0.1) is 0 Å². The normalized spacial score (nSPS) is 10.4. The van der Waals surface area contributed by atoms with E-state index in [1.54, 1.807) is 18.3 Å². The van der Waals surface area contributed by atoms with E-state index in [0.29, 0.717) is 16.3 Å². The minimum Gasteiger partial charge on any atom is -0.489 e. The van der Waals surface area contributed by atoms with Crippen molar-refractivity contribution in [2.75, 3.05) is 0 Å². The van der Waals surface area contributed by atoms with Crippen LogP contribution in [0.1, 0.15) is 11.1 Å². The molecule has 18 heavy (non-hydrogen) atoms. The molecular formula is C13H11ClFNO2. The van der Waals surface area contributed by atoms with E-state index in [1.165, 1.54) is 18.3 Å². The lowest BCUT2D eigenvalue weighted by atomic mass is 10.2. The maximum absolute atomic E-state index is 13.2. The van der Waals surface area contributed by atoms with Gasteiger partial charge in [-0.25, -0.2) is 4.39 Å². The van der Waals surface area contributed by atoms with E-state index in [2.05, 4.69) is 4.98 Å². The Balaban J connectivity index is 2.11. The molecule has 0 aliphatic rings. The Bertz CT molecular complexity index is 548. The molecular weight excluding hydrogens is 257 g/mol. The molecule has 0 aliphatic carbocycles. The second-order valence-electron chi connectivity index (χ2n) is 3.71. The largest absolute Gasteiger partial charge is 0.489 e. The fourth-order valence-corrected chi connectivity index (χ4v) is 1.65. The van der Waals surface area contributed by atoms with Crippen molar-refractivity contribution in [2.24, 2.45) is 0 Å². The zero-order valence-electron chi connectivity index (χ0n) is 9.44. The summed E-state index contributed by atoms with van der Waals surface area (Å²) in [7, 11) is 0. The van der Waals surface area contributed by atoms with Gasteiger partial charge in [0.15, 0.2) is 0 Å². The number of rotatable bonds is 4. The van der Waals surface area contributed by atoms with Crippen molar-refractivity contribution in [3.63, 3.8) is 0 Å². The van der Waals surface area contributed by atoms with Gasteiger partial charge in [-0.2, -0.15) is 0 Å². The summed E-state index contributed by atoms with van der Waals surface area (Å²) in [4.78, 5) is 3.86. The molecule has 2 aromatic rings. The number of pyridine rings is 1. The Hall–Kier alpha value is -1.65. The first-order valence-corrected chi connectivity index (χ1v) is 5.68. The number of aromatic nitrogens is 1. The van der Waals surface area contributed by atoms with Crippen LogP contribution >= 0.6 is 11.6 Å². The van der Waals surface area contributed by atoms with Crippen LogP contribution in [0.4, 0.5) is 4.39 Å². The Morgan fingerprint density at radius 2 is 2.17 bits per heavy atom. The third-order valence-corrected chi connectivity index (χ3v) is 2.70. The number of benzene rings is 1. The molecule has 1 aromatic heterocycles. The molecule has 0 atom stereocenters. The van der Waals surface area contributed by atoms with Gasteiger partial charge in [-0.05, 0) is 23.8 Å². The number of halogens is 2. The summed E-state index contributed by atoms with van der Waals surface area (Å²) in [5, 5.41) is 9.46. The maximum Gasteiger partial charge on any atom is 0.127 e. The zero-order chi connectivity index (χ0) is 13.0. The quantitative estimate of drug-likeness (QED) is 0.926. The van der Waals surface area contributed by atoms with Crippen molar-refractivity contribution in [2.45, 2.75) is 13.2 Å². The molecule has 0 aliphatic heterocycles. The summed E-state index contributed by atoms with van der Waals surface area (Å²) in [6.07, 6.45) is 3.13. The van der Waals surface area contributed by atoms with Gasteiger partial charge in [0, 0.05) is 24.0 Å². The molecule has 3 nitrogen and oxygen atoms in total. The lowest BCUT2D eigenvalue weighted by molar-refractivity contribution is 0.276. The Morgan fingerprint density at radius 3 is 2.89 bits per heavy atom. The average Bonchev–Trinajstić information content (AvgIpc) is 2.37. The number of ether oxygens (including phenoxy) is 1. The summed E-state index contributed by atoms with van der Waals surface area (Å²) in [5.41, 5.74) is 1.23. The maximum atomic E-state index is 13.2. The van der Waals surface area contributed by atoms with E-state index in [0.717, 1.165) is 5.56 Å². The lowest BCUT2D eigenvalue weighted by Crippen LogP contribution is -1.98. The highest BCUT2D eigenvalue weighted by Crippen LogP contribution is 2.20. The average molecular weight is 268 g/mol. The molecule has 0 unspecified atom stereocenters. The van der Waals surface area contributed by atoms with Crippen LogP contribution in [-0.2, 0) is 13.2 Å². The molecule has 0 saturated heterocycles. The molecule has 0 bridgehead atoms. The molecule has 1 N–H and O–H groups in total. The predicted molar refractivity (Wildman–Crippen MR) is 65.9 cm³/mol. The number of nitrogens with zero attached hydrogens (tertiary/aromatic N) is 1. The van der Waals surface area contributed by atoms with Gasteiger partial charge in [-0.1, -0.05) is 11.6 Å². The van der Waals surface area contributed by atoms with E-state index in [4.69, 9.17) is 21.4 Å². The summed E-state index contributed by atoms with van der Waals surface area (Å²) >= 11 is 5.92. The molecule has 1 heterocycles. The van der Waals surface area contributed by atoms with Crippen molar-refractivity contribution in [1.29, 1.82) is 0 Å².